The molecule has 1 atom stereocenters. The fourth-order valence-electron chi connectivity index (χ4n) is 4.11. The van der Waals surface area contributed by atoms with Crippen molar-refractivity contribution in [3.8, 4) is 11.5 Å². The van der Waals surface area contributed by atoms with Crippen molar-refractivity contribution in [1.82, 2.24) is 9.80 Å². The summed E-state index contributed by atoms with van der Waals surface area (Å²) in [5.74, 6) is -0.0763. The van der Waals surface area contributed by atoms with E-state index >= 15 is 0 Å². The molecule has 1 saturated heterocycles. The van der Waals surface area contributed by atoms with E-state index in [2.05, 4.69) is 0 Å². The molecule has 1 amide bonds. The predicted molar refractivity (Wildman–Crippen MR) is 128 cm³/mol. The van der Waals surface area contributed by atoms with Crippen LogP contribution in [0.5, 0.6) is 11.5 Å². The molecule has 0 radical (unpaired) electrons. The van der Waals surface area contributed by atoms with Gasteiger partial charge in [0.15, 0.2) is 0 Å². The van der Waals surface area contributed by atoms with E-state index in [4.69, 9.17) is 9.47 Å². The Morgan fingerprint density at radius 3 is 2.39 bits per heavy atom. The van der Waals surface area contributed by atoms with Crippen molar-refractivity contribution in [3.63, 3.8) is 0 Å². The van der Waals surface area contributed by atoms with Gasteiger partial charge >= 0.3 is 0 Å². The van der Waals surface area contributed by atoms with Crippen molar-refractivity contribution in [3.05, 3.63) is 64.7 Å². The maximum absolute atomic E-state index is 13.1. The third-order valence-electron chi connectivity index (χ3n) is 5.72. The van der Waals surface area contributed by atoms with E-state index in [-0.39, 0.29) is 11.3 Å². The smallest absolute Gasteiger partial charge is 0.295 e. The first-order valence-electron chi connectivity index (χ1n) is 11.1. The van der Waals surface area contributed by atoms with Gasteiger partial charge in [-0.25, -0.2) is 0 Å². The van der Waals surface area contributed by atoms with Crippen LogP contribution in [0.15, 0.2) is 48.0 Å². The van der Waals surface area contributed by atoms with E-state index in [0.29, 0.717) is 36.6 Å². The number of rotatable bonds is 9. The average molecular weight is 453 g/mol. The Hall–Kier alpha value is -3.32. The molecule has 7 nitrogen and oxygen atoms in total. The van der Waals surface area contributed by atoms with Crippen LogP contribution in [0.1, 0.15) is 36.1 Å². The van der Waals surface area contributed by atoms with Gasteiger partial charge in [0.1, 0.15) is 17.3 Å². The molecule has 3 rings (SSSR count). The lowest BCUT2D eigenvalue weighted by molar-refractivity contribution is -0.139. The van der Waals surface area contributed by atoms with E-state index in [1.165, 1.54) is 0 Å². The number of hydrogen-bond donors (Lipinski definition) is 1. The van der Waals surface area contributed by atoms with Gasteiger partial charge in [0, 0.05) is 12.1 Å². The Morgan fingerprint density at radius 1 is 1.12 bits per heavy atom. The minimum absolute atomic E-state index is 0.0959. The first-order valence-corrected chi connectivity index (χ1v) is 11.1. The van der Waals surface area contributed by atoms with Crippen LogP contribution in [0.2, 0.25) is 0 Å². The molecular weight excluding hydrogens is 420 g/mol. The first-order chi connectivity index (χ1) is 15.8. The molecule has 1 fully saturated rings. The summed E-state index contributed by atoms with van der Waals surface area (Å²) in [5, 5.41) is 11.2. The Balaban J connectivity index is 2.08. The highest BCUT2D eigenvalue weighted by Gasteiger charge is 2.45. The van der Waals surface area contributed by atoms with E-state index in [1.54, 1.807) is 30.2 Å². The number of carbonyl (C=O) groups excluding carboxylic acids is 2. The first kappa shape index (κ1) is 24.3. The third-order valence-corrected chi connectivity index (χ3v) is 5.72. The number of aryl methyl sites for hydroxylation is 1. The van der Waals surface area contributed by atoms with Gasteiger partial charge < -0.3 is 24.4 Å². The zero-order valence-corrected chi connectivity index (χ0v) is 19.9. The second-order valence-electron chi connectivity index (χ2n) is 8.34. The van der Waals surface area contributed by atoms with Crippen LogP contribution in [0, 0.1) is 6.92 Å². The molecule has 1 aliphatic heterocycles. The normalized spacial score (nSPS) is 17.6. The molecule has 1 N–H and O–H groups in total. The van der Waals surface area contributed by atoms with E-state index in [9.17, 15) is 14.7 Å². The van der Waals surface area contributed by atoms with Crippen molar-refractivity contribution in [2.24, 2.45) is 0 Å². The largest absolute Gasteiger partial charge is 0.507 e. The van der Waals surface area contributed by atoms with Crippen molar-refractivity contribution in [2.75, 3.05) is 40.9 Å². The Morgan fingerprint density at radius 2 is 1.82 bits per heavy atom. The maximum atomic E-state index is 13.1. The monoisotopic (exact) mass is 452 g/mol. The minimum atomic E-state index is -0.676. The van der Waals surface area contributed by atoms with Crippen molar-refractivity contribution >= 4 is 17.4 Å². The van der Waals surface area contributed by atoms with Crippen LogP contribution >= 0.6 is 0 Å². The number of aliphatic hydroxyl groups is 1. The Bertz CT molecular complexity index is 1040. The van der Waals surface area contributed by atoms with Gasteiger partial charge in [-0.3, -0.25) is 9.59 Å². The highest BCUT2D eigenvalue weighted by molar-refractivity contribution is 6.46. The fourth-order valence-corrected chi connectivity index (χ4v) is 4.11. The molecule has 2 aromatic rings. The van der Waals surface area contributed by atoms with Gasteiger partial charge in [0.2, 0.25) is 0 Å². The molecule has 2 aromatic carbocycles. The molecule has 0 aromatic heterocycles. The highest BCUT2D eigenvalue weighted by Crippen LogP contribution is 2.40. The minimum Gasteiger partial charge on any atom is -0.507 e. The topological polar surface area (TPSA) is 79.3 Å². The lowest BCUT2D eigenvalue weighted by Gasteiger charge is -2.26. The van der Waals surface area contributed by atoms with Crippen LogP contribution in [-0.2, 0) is 9.59 Å². The lowest BCUT2D eigenvalue weighted by Crippen LogP contribution is -2.32. The molecule has 0 saturated carbocycles. The summed E-state index contributed by atoms with van der Waals surface area (Å²) in [6, 6.07) is 11.8. The van der Waals surface area contributed by atoms with Gasteiger partial charge in [-0.2, -0.15) is 0 Å². The van der Waals surface area contributed by atoms with Crippen LogP contribution < -0.4 is 9.47 Å². The van der Waals surface area contributed by atoms with Crippen molar-refractivity contribution in [2.45, 2.75) is 26.3 Å². The summed E-state index contributed by atoms with van der Waals surface area (Å²) in [7, 11) is 5.50. The van der Waals surface area contributed by atoms with Gasteiger partial charge in [0.05, 0.1) is 25.3 Å². The van der Waals surface area contributed by atoms with Gasteiger partial charge in [0.25, 0.3) is 11.7 Å². The summed E-state index contributed by atoms with van der Waals surface area (Å²) in [6.07, 6.45) is 0.704. The second kappa shape index (κ2) is 10.5. The number of benzene rings is 2. The summed E-state index contributed by atoms with van der Waals surface area (Å²) >= 11 is 0. The van der Waals surface area contributed by atoms with Crippen LogP contribution in [0.4, 0.5) is 0 Å². The number of nitrogens with zero attached hydrogens (tertiary/aromatic N) is 2. The molecule has 33 heavy (non-hydrogen) atoms. The number of likely N-dealkylation sites (tertiary alicyclic amines) is 1. The maximum Gasteiger partial charge on any atom is 0.295 e. The molecular formula is C26H32N2O5. The van der Waals surface area contributed by atoms with Crippen LogP contribution in [0.3, 0.4) is 0 Å². The van der Waals surface area contributed by atoms with E-state index < -0.39 is 17.7 Å². The van der Waals surface area contributed by atoms with Gasteiger partial charge in [-0.05, 0) is 82.4 Å². The average Bonchev–Trinajstić information content (AvgIpc) is 3.04. The zero-order valence-electron chi connectivity index (χ0n) is 19.9. The van der Waals surface area contributed by atoms with Crippen LogP contribution in [-0.4, -0.2) is 67.5 Å². The summed E-state index contributed by atoms with van der Waals surface area (Å²) in [4.78, 5) is 29.7. The standard InChI is InChI=1S/C26H32N2O5/c1-6-33-20-11-8-18(9-12-20)23-22(24(29)19-10-13-21(32-5)17(2)16-19)25(30)26(31)28(23)15-7-14-27(3)4/h8-13,16,23,29H,6-7,14-15H2,1-5H3/b24-22+/t23-/m1/s1. The quantitative estimate of drug-likeness (QED) is 0.354. The molecule has 0 aliphatic carbocycles. The van der Waals surface area contributed by atoms with E-state index in [0.717, 1.165) is 17.7 Å². The summed E-state index contributed by atoms with van der Waals surface area (Å²) in [5.41, 5.74) is 2.13. The van der Waals surface area contributed by atoms with Gasteiger partial charge in [-0.1, -0.05) is 12.1 Å². The van der Waals surface area contributed by atoms with Crippen LogP contribution in [0.25, 0.3) is 5.76 Å². The highest BCUT2D eigenvalue weighted by atomic mass is 16.5. The molecule has 1 aliphatic rings. The summed E-state index contributed by atoms with van der Waals surface area (Å²) < 4.78 is 10.8. The zero-order chi connectivity index (χ0) is 24.1. The number of hydrogen-bond acceptors (Lipinski definition) is 6. The third kappa shape index (κ3) is 5.20. The second-order valence-corrected chi connectivity index (χ2v) is 8.34. The molecule has 7 heteroatoms. The molecule has 0 spiro atoms. The Kier molecular flexibility index (Phi) is 7.76. The number of amides is 1. The number of methoxy groups -OCH3 is 1. The fraction of sp³-hybridized carbons (Fsp3) is 0.385. The predicted octanol–water partition coefficient (Wildman–Crippen LogP) is 3.78. The van der Waals surface area contributed by atoms with Crippen molar-refractivity contribution < 1.29 is 24.2 Å². The number of ether oxygens (including phenoxy) is 2. The number of aliphatic hydroxyl groups excluding tert-OH is 1. The molecule has 0 unspecified atom stereocenters. The molecule has 176 valence electrons. The number of Topliss-reactive ketones (excluding diaryl/α,β-unsaturated/α-hetero) is 1. The Labute approximate surface area is 195 Å². The van der Waals surface area contributed by atoms with Gasteiger partial charge in [-0.15, -0.1) is 0 Å². The SMILES string of the molecule is CCOc1ccc([C@@H]2/C(=C(\O)c3ccc(OC)c(C)c3)C(=O)C(=O)N2CCCN(C)C)cc1. The lowest BCUT2D eigenvalue weighted by atomic mass is 9.94. The van der Waals surface area contributed by atoms with Crippen molar-refractivity contribution in [1.29, 1.82) is 0 Å². The number of carbonyl (C=O) groups is 2. The summed E-state index contributed by atoms with van der Waals surface area (Å²) in [6.45, 7) is 5.48. The molecule has 1 heterocycles. The molecule has 0 bridgehead atoms. The number of ketones is 1. The van der Waals surface area contributed by atoms with E-state index in [1.807, 2.05) is 57.1 Å².